The Hall–Kier alpha value is -1.17. The van der Waals surface area contributed by atoms with E-state index in [0.29, 0.717) is 0 Å². The molecule has 0 aliphatic rings. The number of alkyl halides is 2. The molecule has 72 valence electrons. The Morgan fingerprint density at radius 2 is 2.31 bits per heavy atom. The van der Waals surface area contributed by atoms with Gasteiger partial charge in [0.05, 0.1) is 7.11 Å². The van der Waals surface area contributed by atoms with Gasteiger partial charge >= 0.3 is 5.97 Å². The van der Waals surface area contributed by atoms with Crippen molar-refractivity contribution in [2.45, 2.75) is 6.43 Å². The van der Waals surface area contributed by atoms with E-state index in [1.807, 2.05) is 5.10 Å². The largest absolute Gasteiger partial charge is 0.465 e. The fraction of sp³-hybridized carbons (Fsp3) is 0.333. The Bertz CT molecular complexity index is 326. The molecule has 0 fully saturated rings. The van der Waals surface area contributed by atoms with Crippen molar-refractivity contribution in [3.8, 4) is 0 Å². The number of esters is 1. The lowest BCUT2D eigenvalue weighted by molar-refractivity contribution is 0.0589. The Morgan fingerprint density at radius 1 is 1.69 bits per heavy atom. The molecule has 1 heterocycles. The SMILES string of the molecule is COC(=O)c1c(Cl)n[nH]c1C(F)F. The minimum atomic E-state index is -2.84. The van der Waals surface area contributed by atoms with Gasteiger partial charge in [0.15, 0.2) is 5.15 Å². The molecule has 4 nitrogen and oxygen atoms in total. The molecule has 0 aliphatic carbocycles. The smallest absolute Gasteiger partial charge is 0.343 e. The van der Waals surface area contributed by atoms with E-state index in [1.54, 1.807) is 0 Å². The summed E-state index contributed by atoms with van der Waals surface area (Å²) in [5.41, 5.74) is -1.05. The summed E-state index contributed by atoms with van der Waals surface area (Å²) >= 11 is 5.39. The average Bonchev–Trinajstić information content (AvgIpc) is 2.46. The molecule has 0 saturated carbocycles. The van der Waals surface area contributed by atoms with Gasteiger partial charge in [-0.15, -0.1) is 0 Å². The van der Waals surface area contributed by atoms with Gasteiger partial charge in [-0.05, 0) is 0 Å². The van der Waals surface area contributed by atoms with Crippen LogP contribution in [0.2, 0.25) is 5.15 Å². The van der Waals surface area contributed by atoms with E-state index in [-0.39, 0.29) is 5.15 Å². The zero-order valence-electron chi connectivity index (χ0n) is 6.47. The van der Waals surface area contributed by atoms with E-state index < -0.39 is 23.7 Å². The van der Waals surface area contributed by atoms with Crippen molar-refractivity contribution in [3.63, 3.8) is 0 Å². The number of carbonyl (C=O) groups is 1. The molecule has 0 radical (unpaired) electrons. The van der Waals surface area contributed by atoms with Crippen LogP contribution in [0.3, 0.4) is 0 Å². The van der Waals surface area contributed by atoms with Crippen LogP contribution in [-0.4, -0.2) is 23.3 Å². The zero-order chi connectivity index (χ0) is 10.0. The summed E-state index contributed by atoms with van der Waals surface area (Å²) in [6.07, 6.45) is -2.84. The van der Waals surface area contributed by atoms with Gasteiger partial charge in [-0.1, -0.05) is 11.6 Å². The molecule has 0 unspecified atom stereocenters. The normalized spacial score (nSPS) is 10.5. The van der Waals surface area contributed by atoms with Gasteiger partial charge in [-0.3, -0.25) is 5.10 Å². The summed E-state index contributed by atoms with van der Waals surface area (Å²) < 4.78 is 28.6. The van der Waals surface area contributed by atoms with Crippen molar-refractivity contribution in [2.75, 3.05) is 7.11 Å². The van der Waals surface area contributed by atoms with Crippen molar-refractivity contribution in [2.24, 2.45) is 0 Å². The van der Waals surface area contributed by atoms with Crippen LogP contribution in [0.15, 0.2) is 0 Å². The maximum Gasteiger partial charge on any atom is 0.343 e. The molecule has 1 rings (SSSR count). The highest BCUT2D eigenvalue weighted by atomic mass is 35.5. The van der Waals surface area contributed by atoms with E-state index in [9.17, 15) is 13.6 Å². The van der Waals surface area contributed by atoms with Gasteiger partial charge in [0.2, 0.25) is 0 Å². The number of carbonyl (C=O) groups excluding carboxylic acids is 1. The molecule has 0 atom stereocenters. The van der Waals surface area contributed by atoms with E-state index in [0.717, 1.165) is 7.11 Å². The number of nitrogens with zero attached hydrogens (tertiary/aromatic N) is 1. The molecule has 1 aromatic rings. The molecule has 0 amide bonds. The number of ether oxygens (including phenoxy) is 1. The summed E-state index contributed by atoms with van der Waals surface area (Å²) in [6.45, 7) is 0. The predicted molar refractivity (Wildman–Crippen MR) is 39.9 cm³/mol. The molecule has 0 aromatic carbocycles. The third-order valence-corrected chi connectivity index (χ3v) is 1.63. The second-order valence-corrected chi connectivity index (χ2v) is 2.45. The van der Waals surface area contributed by atoms with Crippen LogP contribution in [-0.2, 0) is 4.74 Å². The lowest BCUT2D eigenvalue weighted by Gasteiger charge is -1.99. The molecule has 0 bridgehead atoms. The molecule has 1 N–H and O–H groups in total. The maximum absolute atomic E-state index is 12.2. The molecule has 0 spiro atoms. The molecular weight excluding hydrogens is 206 g/mol. The van der Waals surface area contributed by atoms with E-state index in [2.05, 4.69) is 9.84 Å². The Labute approximate surface area is 76.8 Å². The maximum atomic E-state index is 12.2. The third-order valence-electron chi connectivity index (χ3n) is 1.36. The highest BCUT2D eigenvalue weighted by Gasteiger charge is 2.25. The van der Waals surface area contributed by atoms with Crippen LogP contribution in [0.5, 0.6) is 0 Å². The first-order valence-electron chi connectivity index (χ1n) is 3.18. The second kappa shape index (κ2) is 3.69. The van der Waals surface area contributed by atoms with Crippen LogP contribution in [0, 0.1) is 0 Å². The molecule has 13 heavy (non-hydrogen) atoms. The summed E-state index contributed by atoms with van der Waals surface area (Å²) in [7, 11) is 1.07. The molecule has 0 saturated heterocycles. The number of aromatic amines is 1. The Balaban J connectivity index is 3.16. The van der Waals surface area contributed by atoms with Crippen LogP contribution < -0.4 is 0 Å². The minimum Gasteiger partial charge on any atom is -0.465 e. The van der Waals surface area contributed by atoms with Crippen molar-refractivity contribution < 1.29 is 18.3 Å². The van der Waals surface area contributed by atoms with Crippen molar-refractivity contribution >= 4 is 17.6 Å². The van der Waals surface area contributed by atoms with Crippen LogP contribution in [0.4, 0.5) is 8.78 Å². The number of aromatic nitrogens is 2. The lowest BCUT2D eigenvalue weighted by Crippen LogP contribution is -2.04. The first-order chi connectivity index (χ1) is 6.07. The van der Waals surface area contributed by atoms with Gasteiger partial charge in [0.25, 0.3) is 6.43 Å². The number of rotatable bonds is 2. The summed E-state index contributed by atoms with van der Waals surface area (Å²) in [6, 6.07) is 0. The number of hydrogen-bond donors (Lipinski definition) is 1. The number of halogens is 3. The monoisotopic (exact) mass is 210 g/mol. The fourth-order valence-corrected chi connectivity index (χ4v) is 1.01. The molecular formula is C6H5ClF2N2O2. The number of nitrogens with one attached hydrogen (secondary N) is 1. The predicted octanol–water partition coefficient (Wildman–Crippen LogP) is 1.79. The number of hydrogen-bond acceptors (Lipinski definition) is 3. The fourth-order valence-electron chi connectivity index (χ4n) is 0.786. The summed E-state index contributed by atoms with van der Waals surface area (Å²) in [5, 5.41) is 4.90. The van der Waals surface area contributed by atoms with Gasteiger partial charge < -0.3 is 4.74 Å². The first kappa shape index (κ1) is 9.91. The lowest BCUT2D eigenvalue weighted by atomic mass is 10.2. The van der Waals surface area contributed by atoms with Gasteiger partial charge in [-0.2, -0.15) is 5.10 Å². The summed E-state index contributed by atoms with van der Waals surface area (Å²) in [4.78, 5) is 10.9. The standard InChI is InChI=1S/C6H5ClF2N2O2/c1-13-6(12)2-3(5(8)9)10-11-4(2)7/h5H,1H3,(H,10,11). The summed E-state index contributed by atoms with van der Waals surface area (Å²) in [5.74, 6) is -0.936. The second-order valence-electron chi connectivity index (χ2n) is 2.10. The Morgan fingerprint density at radius 3 is 2.77 bits per heavy atom. The third kappa shape index (κ3) is 1.77. The van der Waals surface area contributed by atoms with Gasteiger partial charge in [-0.25, -0.2) is 13.6 Å². The van der Waals surface area contributed by atoms with E-state index >= 15 is 0 Å². The molecule has 7 heteroatoms. The van der Waals surface area contributed by atoms with Crippen molar-refractivity contribution in [1.29, 1.82) is 0 Å². The van der Waals surface area contributed by atoms with Crippen molar-refractivity contribution in [1.82, 2.24) is 10.2 Å². The van der Waals surface area contributed by atoms with Crippen LogP contribution >= 0.6 is 11.6 Å². The highest BCUT2D eigenvalue weighted by molar-refractivity contribution is 6.32. The van der Waals surface area contributed by atoms with E-state index in [1.165, 1.54) is 0 Å². The highest BCUT2D eigenvalue weighted by Crippen LogP contribution is 2.25. The van der Waals surface area contributed by atoms with Gasteiger partial charge in [0.1, 0.15) is 11.3 Å². The minimum absolute atomic E-state index is 0.317. The molecule has 1 aromatic heterocycles. The number of methoxy groups -OCH3 is 1. The Kier molecular flexibility index (Phi) is 2.82. The topological polar surface area (TPSA) is 55.0 Å². The first-order valence-corrected chi connectivity index (χ1v) is 3.56. The number of H-pyrrole nitrogens is 1. The zero-order valence-corrected chi connectivity index (χ0v) is 7.23. The average molecular weight is 211 g/mol. The van der Waals surface area contributed by atoms with Crippen LogP contribution in [0.25, 0.3) is 0 Å². The quantitative estimate of drug-likeness (QED) is 0.757. The molecule has 0 aliphatic heterocycles. The van der Waals surface area contributed by atoms with Crippen molar-refractivity contribution in [3.05, 3.63) is 16.4 Å². The van der Waals surface area contributed by atoms with Gasteiger partial charge in [0, 0.05) is 0 Å². The van der Waals surface area contributed by atoms with Crippen LogP contribution in [0.1, 0.15) is 22.5 Å². The van der Waals surface area contributed by atoms with E-state index in [4.69, 9.17) is 11.6 Å².